The van der Waals surface area contributed by atoms with E-state index in [2.05, 4.69) is 15.5 Å². The van der Waals surface area contributed by atoms with Crippen LogP contribution in [0.3, 0.4) is 0 Å². The van der Waals surface area contributed by atoms with E-state index in [4.69, 9.17) is 27.9 Å². The fourth-order valence-corrected chi connectivity index (χ4v) is 2.57. The summed E-state index contributed by atoms with van der Waals surface area (Å²) in [5.41, 5.74) is 3.06. The molecule has 1 heterocycles. The van der Waals surface area contributed by atoms with E-state index in [-0.39, 0.29) is 5.88 Å². The molecule has 0 aliphatic carbocycles. The van der Waals surface area contributed by atoms with Crippen LogP contribution in [0.2, 0.25) is 5.02 Å². The van der Waals surface area contributed by atoms with Crippen LogP contribution in [-0.2, 0) is 0 Å². The van der Waals surface area contributed by atoms with Gasteiger partial charge >= 0.3 is 0 Å². The van der Waals surface area contributed by atoms with E-state index in [0.717, 1.165) is 22.4 Å². The Labute approximate surface area is 148 Å². The maximum atomic E-state index is 9.50. The first-order chi connectivity index (χ1) is 11.6. The Morgan fingerprint density at radius 3 is 2.71 bits per heavy atom. The average Bonchev–Trinajstić information content (AvgIpc) is 3.02. The lowest BCUT2D eigenvalue weighted by Gasteiger charge is -2.09. The fraction of sp³-hybridized carbons (Fsp3) is 0.250. The van der Waals surface area contributed by atoms with Gasteiger partial charge in [-0.15, -0.1) is 21.8 Å². The summed E-state index contributed by atoms with van der Waals surface area (Å²) in [6.45, 7) is 0.372. The lowest BCUT2D eigenvalue weighted by atomic mass is 10.2. The second-order valence-electron chi connectivity index (χ2n) is 5.20. The first kappa shape index (κ1) is 16.8. The fourth-order valence-electron chi connectivity index (χ4n) is 2.21. The molecule has 6 nitrogen and oxygen atoms in total. The smallest absolute Gasteiger partial charge is 0.137 e. The second-order valence-corrected chi connectivity index (χ2v) is 5.92. The summed E-state index contributed by atoms with van der Waals surface area (Å²) in [6.07, 6.45) is -0.598. The van der Waals surface area contributed by atoms with Crippen LogP contribution >= 0.6 is 23.2 Å². The van der Waals surface area contributed by atoms with Crippen molar-refractivity contribution in [1.29, 1.82) is 0 Å². The van der Waals surface area contributed by atoms with Crippen LogP contribution in [0, 0.1) is 0 Å². The highest BCUT2D eigenvalue weighted by Crippen LogP contribution is 2.26. The summed E-state index contributed by atoms with van der Waals surface area (Å²) >= 11 is 11.7. The van der Waals surface area contributed by atoms with E-state index in [9.17, 15) is 5.11 Å². The molecule has 2 N–H and O–H groups in total. The number of rotatable bonds is 6. The number of nitrogens with one attached hydrogen (secondary N) is 1. The molecule has 0 saturated heterocycles. The molecule has 0 fully saturated rings. The molecule has 0 aliphatic heterocycles. The summed E-state index contributed by atoms with van der Waals surface area (Å²) in [7, 11) is 1.57. The van der Waals surface area contributed by atoms with Crippen molar-refractivity contribution in [2.24, 2.45) is 0 Å². The van der Waals surface area contributed by atoms with Crippen molar-refractivity contribution in [2.45, 2.75) is 6.10 Å². The van der Waals surface area contributed by atoms with Gasteiger partial charge in [0.15, 0.2) is 0 Å². The molecule has 0 spiro atoms. The van der Waals surface area contributed by atoms with E-state index in [0.29, 0.717) is 17.3 Å². The Morgan fingerprint density at radius 1 is 1.21 bits per heavy atom. The molecule has 8 heteroatoms. The zero-order valence-electron chi connectivity index (χ0n) is 12.9. The topological polar surface area (TPSA) is 72.2 Å². The molecule has 1 unspecified atom stereocenters. The van der Waals surface area contributed by atoms with E-state index in [1.54, 1.807) is 19.2 Å². The number of aliphatic hydroxyl groups is 1. The van der Waals surface area contributed by atoms with Gasteiger partial charge < -0.3 is 15.2 Å². The molecule has 126 valence electrons. The van der Waals surface area contributed by atoms with Crippen molar-refractivity contribution < 1.29 is 9.84 Å². The quantitative estimate of drug-likeness (QED) is 0.655. The van der Waals surface area contributed by atoms with Gasteiger partial charge in [-0.25, -0.2) is 0 Å². The van der Waals surface area contributed by atoms with Gasteiger partial charge in [-0.05, 0) is 36.4 Å². The zero-order chi connectivity index (χ0) is 17.1. The number of aromatic nitrogens is 3. The van der Waals surface area contributed by atoms with E-state index >= 15 is 0 Å². The minimum atomic E-state index is -0.598. The van der Waals surface area contributed by atoms with E-state index in [1.165, 1.54) is 4.80 Å². The summed E-state index contributed by atoms with van der Waals surface area (Å²) < 4.78 is 5.15. The SMILES string of the molecule is COc1ccc(-n2nc3ccc(NCC(O)CCl)cc3n2)cc1Cl. The molecule has 3 aromatic rings. The van der Waals surface area contributed by atoms with Crippen LogP contribution in [0.1, 0.15) is 0 Å². The van der Waals surface area contributed by atoms with Crippen molar-refractivity contribution in [2.75, 3.05) is 24.9 Å². The lowest BCUT2D eigenvalue weighted by molar-refractivity contribution is 0.211. The molecular weight excluding hydrogens is 351 g/mol. The minimum Gasteiger partial charge on any atom is -0.495 e. The Bertz CT molecular complexity index is 853. The van der Waals surface area contributed by atoms with Crippen LogP contribution in [-0.4, -0.2) is 45.7 Å². The molecule has 24 heavy (non-hydrogen) atoms. The summed E-state index contributed by atoms with van der Waals surface area (Å²) in [4.78, 5) is 1.52. The molecule has 1 aromatic heterocycles. The number of methoxy groups -OCH3 is 1. The van der Waals surface area contributed by atoms with Crippen molar-refractivity contribution in [3.63, 3.8) is 0 Å². The molecule has 0 bridgehead atoms. The number of fused-ring (bicyclic) bond motifs is 1. The van der Waals surface area contributed by atoms with E-state index in [1.807, 2.05) is 24.3 Å². The molecule has 0 saturated carbocycles. The van der Waals surface area contributed by atoms with Gasteiger partial charge in [-0.2, -0.15) is 4.80 Å². The molecule has 0 radical (unpaired) electrons. The molecule has 3 rings (SSSR count). The number of ether oxygens (including phenoxy) is 1. The predicted molar refractivity (Wildman–Crippen MR) is 95.6 cm³/mol. The third kappa shape index (κ3) is 3.56. The third-order valence-electron chi connectivity index (χ3n) is 3.47. The van der Waals surface area contributed by atoms with E-state index < -0.39 is 6.10 Å². The molecule has 0 aliphatic rings. The maximum Gasteiger partial charge on any atom is 0.137 e. The van der Waals surface area contributed by atoms with Gasteiger partial charge in [0.25, 0.3) is 0 Å². The standard InChI is InChI=1S/C16H16Cl2N4O2/c1-24-16-5-3-11(7-13(16)18)22-20-14-4-2-10(6-15(14)21-22)19-9-12(23)8-17/h2-7,12,19,23H,8-9H2,1H3. The van der Waals surface area contributed by atoms with Crippen LogP contribution < -0.4 is 10.1 Å². The number of anilines is 1. The summed E-state index contributed by atoms with van der Waals surface area (Å²) in [5, 5.41) is 22.0. The van der Waals surface area contributed by atoms with Gasteiger partial charge in [0.05, 0.1) is 29.8 Å². The molecular formula is C16H16Cl2N4O2. The molecule has 2 aromatic carbocycles. The van der Waals surface area contributed by atoms with Gasteiger partial charge in [-0.1, -0.05) is 11.6 Å². The van der Waals surface area contributed by atoms with Gasteiger partial charge in [0, 0.05) is 12.2 Å². The molecule has 1 atom stereocenters. The monoisotopic (exact) mass is 366 g/mol. The van der Waals surface area contributed by atoms with Crippen LogP contribution in [0.15, 0.2) is 36.4 Å². The largest absolute Gasteiger partial charge is 0.495 e. The first-order valence-electron chi connectivity index (χ1n) is 7.29. The number of hydrogen-bond donors (Lipinski definition) is 2. The van der Waals surface area contributed by atoms with Crippen LogP contribution in [0.5, 0.6) is 5.75 Å². The Balaban J connectivity index is 1.87. The van der Waals surface area contributed by atoms with Gasteiger partial charge in [0.1, 0.15) is 16.8 Å². The van der Waals surface area contributed by atoms with Crippen molar-refractivity contribution in [1.82, 2.24) is 15.0 Å². The van der Waals surface area contributed by atoms with Crippen molar-refractivity contribution in [3.05, 3.63) is 41.4 Å². The number of aliphatic hydroxyl groups excluding tert-OH is 1. The minimum absolute atomic E-state index is 0.184. The normalized spacial score (nSPS) is 12.3. The first-order valence-corrected chi connectivity index (χ1v) is 8.21. The lowest BCUT2D eigenvalue weighted by Crippen LogP contribution is -2.20. The maximum absolute atomic E-state index is 9.50. The van der Waals surface area contributed by atoms with Crippen LogP contribution in [0.4, 0.5) is 5.69 Å². The summed E-state index contributed by atoms with van der Waals surface area (Å²) in [5.74, 6) is 0.783. The predicted octanol–water partition coefficient (Wildman–Crippen LogP) is 3.09. The Hall–Kier alpha value is -2.02. The number of benzene rings is 2. The highest BCUT2D eigenvalue weighted by Gasteiger charge is 2.09. The number of nitrogens with zero attached hydrogens (tertiary/aromatic N) is 3. The Morgan fingerprint density at radius 2 is 2.00 bits per heavy atom. The van der Waals surface area contributed by atoms with Crippen LogP contribution in [0.25, 0.3) is 16.7 Å². The van der Waals surface area contributed by atoms with Crippen molar-refractivity contribution >= 4 is 39.9 Å². The molecule has 0 amide bonds. The van der Waals surface area contributed by atoms with Gasteiger partial charge in [0.2, 0.25) is 0 Å². The number of halogens is 2. The number of hydrogen-bond acceptors (Lipinski definition) is 5. The zero-order valence-corrected chi connectivity index (χ0v) is 14.4. The highest BCUT2D eigenvalue weighted by atomic mass is 35.5. The van der Waals surface area contributed by atoms with Gasteiger partial charge in [-0.3, -0.25) is 0 Å². The second kappa shape index (κ2) is 7.25. The average molecular weight is 367 g/mol. The summed E-state index contributed by atoms with van der Waals surface area (Å²) in [6, 6.07) is 11.0. The third-order valence-corrected chi connectivity index (χ3v) is 4.12. The Kier molecular flexibility index (Phi) is 5.08. The number of alkyl halides is 1. The highest BCUT2D eigenvalue weighted by molar-refractivity contribution is 6.32. The van der Waals surface area contributed by atoms with Crippen molar-refractivity contribution in [3.8, 4) is 11.4 Å².